The molecule has 2 rings (SSSR count). The van der Waals surface area contributed by atoms with Gasteiger partial charge in [0.05, 0.1) is 6.10 Å². The lowest BCUT2D eigenvalue weighted by Gasteiger charge is -2.14. The van der Waals surface area contributed by atoms with Crippen molar-refractivity contribution in [1.82, 2.24) is 10.6 Å². The van der Waals surface area contributed by atoms with Crippen molar-refractivity contribution in [2.45, 2.75) is 12.6 Å². The average molecular weight is 297 g/mol. The van der Waals surface area contributed by atoms with Crippen LogP contribution in [0.3, 0.4) is 0 Å². The van der Waals surface area contributed by atoms with Gasteiger partial charge in [-0.3, -0.25) is 0 Å². The number of hydrogen-bond donors (Lipinski definition) is 3. The van der Waals surface area contributed by atoms with Gasteiger partial charge >= 0.3 is 0 Å². The molecule has 1 saturated heterocycles. The lowest BCUT2D eigenvalue weighted by molar-refractivity contribution is 0.146. The van der Waals surface area contributed by atoms with Crippen LogP contribution in [-0.2, 0) is 6.54 Å². The monoisotopic (exact) mass is 296 g/mol. The van der Waals surface area contributed by atoms with Gasteiger partial charge in [-0.05, 0) is 17.7 Å². The molecule has 1 aromatic carbocycles. The van der Waals surface area contributed by atoms with Crippen LogP contribution in [0.4, 0.5) is 13.2 Å². The summed E-state index contributed by atoms with van der Waals surface area (Å²) in [6.45, 7) is 2.04. The van der Waals surface area contributed by atoms with Crippen molar-refractivity contribution in [2.75, 3.05) is 19.6 Å². The first-order chi connectivity index (χ1) is 8.58. The quantitative estimate of drug-likeness (QED) is 0.732. The molecular weight excluding hydrogens is 281 g/mol. The molecule has 0 radical (unpaired) electrons. The van der Waals surface area contributed by atoms with Crippen LogP contribution in [0.5, 0.6) is 0 Å². The highest BCUT2D eigenvalue weighted by molar-refractivity contribution is 5.85. The van der Waals surface area contributed by atoms with Gasteiger partial charge in [0.1, 0.15) is 0 Å². The van der Waals surface area contributed by atoms with Crippen LogP contribution in [-0.4, -0.2) is 30.8 Å². The third-order valence-corrected chi connectivity index (χ3v) is 3.08. The summed E-state index contributed by atoms with van der Waals surface area (Å²) < 4.78 is 38.6. The minimum absolute atomic E-state index is 0. The van der Waals surface area contributed by atoms with Gasteiger partial charge in [-0.1, -0.05) is 0 Å². The molecule has 0 aliphatic carbocycles. The van der Waals surface area contributed by atoms with Crippen molar-refractivity contribution in [3.05, 3.63) is 35.1 Å². The molecule has 1 aromatic rings. The SMILES string of the molecule is Cl.OC1CNCC1CNCc1cc(F)c(F)c(F)c1. The predicted octanol–water partition coefficient (Wildman–Crippen LogP) is 1.20. The highest BCUT2D eigenvalue weighted by atomic mass is 35.5. The third-order valence-electron chi connectivity index (χ3n) is 3.08. The second kappa shape index (κ2) is 7.09. The molecule has 0 bridgehead atoms. The normalized spacial score (nSPS) is 22.3. The van der Waals surface area contributed by atoms with Gasteiger partial charge < -0.3 is 15.7 Å². The fourth-order valence-corrected chi connectivity index (χ4v) is 2.04. The topological polar surface area (TPSA) is 44.3 Å². The zero-order valence-corrected chi connectivity index (χ0v) is 10.9. The predicted molar refractivity (Wildman–Crippen MR) is 67.6 cm³/mol. The Morgan fingerprint density at radius 1 is 1.21 bits per heavy atom. The van der Waals surface area contributed by atoms with Crippen LogP contribution in [0.2, 0.25) is 0 Å². The standard InChI is InChI=1S/C12H15F3N2O.ClH/c13-9-1-7(2-10(14)12(9)15)3-16-4-8-5-17-6-11(8)18;/h1-2,8,11,16-18H,3-6H2;1H. The molecule has 1 aliphatic rings. The summed E-state index contributed by atoms with van der Waals surface area (Å²) in [5.41, 5.74) is 0.340. The molecule has 3 N–H and O–H groups in total. The molecule has 0 spiro atoms. The number of rotatable bonds is 4. The molecule has 0 amide bonds. The Bertz CT molecular complexity index is 410. The number of β-amino-alcohol motifs (C(OH)–C–C–N with tert-alkyl or cyclic N) is 1. The van der Waals surface area contributed by atoms with Crippen molar-refractivity contribution >= 4 is 12.4 Å². The van der Waals surface area contributed by atoms with Gasteiger partial charge in [0, 0.05) is 32.1 Å². The molecule has 1 aliphatic heterocycles. The number of aliphatic hydroxyl groups is 1. The zero-order valence-electron chi connectivity index (χ0n) is 10.1. The third kappa shape index (κ3) is 4.07. The highest BCUT2D eigenvalue weighted by Gasteiger charge is 2.24. The Kier molecular flexibility index (Phi) is 6.06. The summed E-state index contributed by atoms with van der Waals surface area (Å²) in [6.07, 6.45) is -0.404. The number of aliphatic hydroxyl groups excluding tert-OH is 1. The molecule has 1 heterocycles. The summed E-state index contributed by atoms with van der Waals surface area (Å²) in [6, 6.07) is 1.93. The largest absolute Gasteiger partial charge is 0.391 e. The lowest BCUT2D eigenvalue weighted by atomic mass is 10.1. The van der Waals surface area contributed by atoms with E-state index in [9.17, 15) is 18.3 Å². The summed E-state index contributed by atoms with van der Waals surface area (Å²) in [5, 5.41) is 15.6. The van der Waals surface area contributed by atoms with Crippen molar-refractivity contribution in [3.8, 4) is 0 Å². The van der Waals surface area contributed by atoms with Gasteiger partial charge in [-0.25, -0.2) is 13.2 Å². The molecule has 19 heavy (non-hydrogen) atoms. The van der Waals surface area contributed by atoms with Crippen LogP contribution >= 0.6 is 12.4 Å². The van der Waals surface area contributed by atoms with Crippen LogP contribution in [0.1, 0.15) is 5.56 Å². The van der Waals surface area contributed by atoms with E-state index in [0.29, 0.717) is 25.2 Å². The molecule has 3 nitrogen and oxygen atoms in total. The van der Waals surface area contributed by atoms with Gasteiger partial charge in [-0.2, -0.15) is 0 Å². The Hall–Kier alpha value is -0.820. The van der Waals surface area contributed by atoms with Gasteiger partial charge in [0.15, 0.2) is 17.5 Å². The van der Waals surface area contributed by atoms with Crippen molar-refractivity contribution in [1.29, 1.82) is 0 Å². The molecule has 1 fully saturated rings. The van der Waals surface area contributed by atoms with E-state index in [0.717, 1.165) is 12.1 Å². The number of halogens is 4. The Balaban J connectivity index is 0.00000180. The van der Waals surface area contributed by atoms with Gasteiger partial charge in [0.25, 0.3) is 0 Å². The van der Waals surface area contributed by atoms with E-state index in [4.69, 9.17) is 0 Å². The molecule has 2 atom stereocenters. The number of hydrogen-bond acceptors (Lipinski definition) is 3. The van der Waals surface area contributed by atoms with Crippen molar-refractivity contribution in [2.24, 2.45) is 5.92 Å². The smallest absolute Gasteiger partial charge is 0.194 e. The van der Waals surface area contributed by atoms with E-state index in [1.54, 1.807) is 0 Å². The summed E-state index contributed by atoms with van der Waals surface area (Å²) in [7, 11) is 0. The minimum atomic E-state index is -1.45. The van der Waals surface area contributed by atoms with E-state index in [1.165, 1.54) is 0 Å². The maximum absolute atomic E-state index is 12.9. The van der Waals surface area contributed by atoms with E-state index in [-0.39, 0.29) is 24.9 Å². The molecular formula is C12H16ClF3N2O. The van der Waals surface area contributed by atoms with Crippen LogP contribution < -0.4 is 10.6 Å². The molecule has 0 saturated carbocycles. The van der Waals surface area contributed by atoms with E-state index < -0.39 is 23.6 Å². The summed E-state index contributed by atoms with van der Waals surface area (Å²) >= 11 is 0. The maximum Gasteiger partial charge on any atom is 0.194 e. The summed E-state index contributed by atoms with van der Waals surface area (Å²) in [5.74, 6) is -3.74. The Morgan fingerprint density at radius 2 is 1.84 bits per heavy atom. The minimum Gasteiger partial charge on any atom is -0.391 e. The van der Waals surface area contributed by atoms with Gasteiger partial charge in [0.2, 0.25) is 0 Å². The second-order valence-electron chi connectivity index (χ2n) is 4.49. The second-order valence-corrected chi connectivity index (χ2v) is 4.49. The first-order valence-electron chi connectivity index (χ1n) is 5.81. The lowest BCUT2D eigenvalue weighted by Crippen LogP contribution is -2.30. The molecule has 2 unspecified atom stereocenters. The number of nitrogens with one attached hydrogen (secondary N) is 2. The summed E-state index contributed by atoms with van der Waals surface area (Å²) in [4.78, 5) is 0. The van der Waals surface area contributed by atoms with Crippen LogP contribution in [0, 0.1) is 23.4 Å². The first-order valence-corrected chi connectivity index (χ1v) is 5.81. The maximum atomic E-state index is 12.9. The first kappa shape index (κ1) is 16.2. The van der Waals surface area contributed by atoms with Crippen LogP contribution in [0.25, 0.3) is 0 Å². The Labute approximate surface area is 115 Å². The van der Waals surface area contributed by atoms with Gasteiger partial charge in [-0.15, -0.1) is 12.4 Å². The van der Waals surface area contributed by atoms with Crippen molar-refractivity contribution in [3.63, 3.8) is 0 Å². The molecule has 0 aromatic heterocycles. The van der Waals surface area contributed by atoms with E-state index >= 15 is 0 Å². The van der Waals surface area contributed by atoms with Crippen molar-refractivity contribution < 1.29 is 18.3 Å². The fraction of sp³-hybridized carbons (Fsp3) is 0.500. The fourth-order valence-electron chi connectivity index (χ4n) is 2.04. The zero-order chi connectivity index (χ0) is 13.1. The number of benzene rings is 1. The molecule has 108 valence electrons. The van der Waals surface area contributed by atoms with E-state index in [1.807, 2.05) is 0 Å². The van der Waals surface area contributed by atoms with E-state index in [2.05, 4.69) is 10.6 Å². The molecule has 7 heteroatoms. The highest BCUT2D eigenvalue weighted by Crippen LogP contribution is 2.14. The Morgan fingerprint density at radius 3 is 2.37 bits per heavy atom. The van der Waals surface area contributed by atoms with Crippen LogP contribution in [0.15, 0.2) is 12.1 Å². The average Bonchev–Trinajstić information content (AvgIpc) is 2.72.